The first-order valence-electron chi connectivity index (χ1n) is 5.95. The van der Waals surface area contributed by atoms with Crippen LogP contribution in [0.2, 0.25) is 0 Å². The Kier molecular flexibility index (Phi) is 4.57. The van der Waals surface area contributed by atoms with Crippen LogP contribution in [0.5, 0.6) is 0 Å². The van der Waals surface area contributed by atoms with E-state index in [1.165, 1.54) is 0 Å². The molecular weight excluding hydrogens is 238 g/mol. The van der Waals surface area contributed by atoms with Crippen LogP contribution in [-0.4, -0.2) is 36.8 Å². The first-order chi connectivity index (χ1) is 8.29. The van der Waals surface area contributed by atoms with Crippen molar-refractivity contribution in [3.63, 3.8) is 0 Å². The van der Waals surface area contributed by atoms with Gasteiger partial charge in [0, 0.05) is 33.0 Å². The second-order valence-corrected chi connectivity index (χ2v) is 4.71. The average Bonchev–Trinajstić information content (AvgIpc) is 2.40. The predicted octanol–water partition coefficient (Wildman–Crippen LogP) is 2.08. The van der Waals surface area contributed by atoms with E-state index in [9.17, 15) is 0 Å². The van der Waals surface area contributed by atoms with Crippen molar-refractivity contribution in [2.45, 2.75) is 18.7 Å². The van der Waals surface area contributed by atoms with Crippen molar-refractivity contribution in [1.29, 1.82) is 0 Å². The number of aromatic nitrogens is 2. The number of anilines is 1. The van der Waals surface area contributed by atoms with Crippen molar-refractivity contribution < 1.29 is 4.74 Å². The average molecular weight is 256 g/mol. The Morgan fingerprint density at radius 3 is 2.88 bits per heavy atom. The third-order valence-electron chi connectivity index (χ3n) is 3.07. The highest BCUT2D eigenvalue weighted by atomic mass is 35.5. The molecule has 0 unspecified atom stereocenters. The Bertz CT molecular complexity index is 355. The van der Waals surface area contributed by atoms with Crippen molar-refractivity contribution in [2.24, 2.45) is 5.92 Å². The zero-order valence-corrected chi connectivity index (χ0v) is 10.9. The molecular formula is C12H18ClN3O. The molecule has 0 N–H and O–H groups in total. The number of rotatable bonds is 4. The minimum Gasteiger partial charge on any atom is -0.381 e. The summed E-state index contributed by atoms with van der Waals surface area (Å²) in [6, 6.07) is 0. The standard InChI is InChI=1S/C12H18ClN3O/c1-16(9-10-2-4-17-5-3-10)12-8-14-7-11(6-13)15-12/h7-8,10H,2-6,9H2,1H3. The lowest BCUT2D eigenvalue weighted by Crippen LogP contribution is -2.30. The van der Waals surface area contributed by atoms with Crippen LogP contribution in [-0.2, 0) is 10.6 Å². The maximum absolute atomic E-state index is 5.76. The molecule has 0 spiro atoms. The molecule has 4 nitrogen and oxygen atoms in total. The highest BCUT2D eigenvalue weighted by molar-refractivity contribution is 6.16. The number of ether oxygens (including phenoxy) is 1. The second-order valence-electron chi connectivity index (χ2n) is 4.44. The molecule has 94 valence electrons. The van der Waals surface area contributed by atoms with Gasteiger partial charge in [-0.25, -0.2) is 4.98 Å². The molecule has 1 aliphatic rings. The SMILES string of the molecule is CN(CC1CCOCC1)c1cncc(CCl)n1. The molecule has 1 saturated heterocycles. The summed E-state index contributed by atoms with van der Waals surface area (Å²) in [6.45, 7) is 2.77. The molecule has 0 aliphatic carbocycles. The van der Waals surface area contributed by atoms with Crippen molar-refractivity contribution in [2.75, 3.05) is 31.7 Å². The van der Waals surface area contributed by atoms with Crippen molar-refractivity contribution in [3.05, 3.63) is 18.1 Å². The van der Waals surface area contributed by atoms with Gasteiger partial charge in [0.25, 0.3) is 0 Å². The Morgan fingerprint density at radius 2 is 2.18 bits per heavy atom. The van der Waals surface area contributed by atoms with E-state index in [4.69, 9.17) is 16.3 Å². The molecule has 17 heavy (non-hydrogen) atoms. The summed E-state index contributed by atoms with van der Waals surface area (Å²) in [7, 11) is 2.05. The number of nitrogens with zero attached hydrogens (tertiary/aromatic N) is 3. The van der Waals surface area contributed by atoms with Crippen LogP contribution >= 0.6 is 11.6 Å². The van der Waals surface area contributed by atoms with Gasteiger partial charge in [-0.05, 0) is 18.8 Å². The second kappa shape index (κ2) is 6.17. The highest BCUT2D eigenvalue weighted by Crippen LogP contribution is 2.18. The van der Waals surface area contributed by atoms with Crippen LogP contribution in [0.1, 0.15) is 18.5 Å². The van der Waals surface area contributed by atoms with Gasteiger partial charge >= 0.3 is 0 Å². The van der Waals surface area contributed by atoms with E-state index in [1.54, 1.807) is 12.4 Å². The number of halogens is 1. The molecule has 5 heteroatoms. The third kappa shape index (κ3) is 3.54. The summed E-state index contributed by atoms with van der Waals surface area (Å²) < 4.78 is 5.36. The van der Waals surface area contributed by atoms with Gasteiger partial charge in [-0.15, -0.1) is 11.6 Å². The van der Waals surface area contributed by atoms with Crippen LogP contribution < -0.4 is 4.90 Å². The predicted molar refractivity (Wildman–Crippen MR) is 68.4 cm³/mol. The molecule has 1 aromatic heterocycles. The Labute approximate surface area is 107 Å². The lowest BCUT2D eigenvalue weighted by molar-refractivity contribution is 0.0685. The summed E-state index contributed by atoms with van der Waals surface area (Å²) >= 11 is 5.76. The van der Waals surface area contributed by atoms with Crippen molar-refractivity contribution >= 4 is 17.4 Å². The molecule has 2 rings (SSSR count). The van der Waals surface area contributed by atoms with E-state index < -0.39 is 0 Å². The maximum Gasteiger partial charge on any atom is 0.147 e. The summed E-state index contributed by atoms with van der Waals surface area (Å²) in [6.07, 6.45) is 5.76. The van der Waals surface area contributed by atoms with E-state index >= 15 is 0 Å². The quantitative estimate of drug-likeness (QED) is 0.772. The zero-order valence-electron chi connectivity index (χ0n) is 10.1. The summed E-state index contributed by atoms with van der Waals surface area (Å²) in [5.41, 5.74) is 0.822. The van der Waals surface area contributed by atoms with Crippen LogP contribution in [0, 0.1) is 5.92 Å². The van der Waals surface area contributed by atoms with Crippen LogP contribution in [0.15, 0.2) is 12.4 Å². The highest BCUT2D eigenvalue weighted by Gasteiger charge is 2.16. The molecule has 0 saturated carbocycles. The minimum atomic E-state index is 0.409. The van der Waals surface area contributed by atoms with Gasteiger partial charge in [0.05, 0.1) is 17.8 Å². The first kappa shape index (κ1) is 12.6. The minimum absolute atomic E-state index is 0.409. The lowest BCUT2D eigenvalue weighted by atomic mass is 10.00. The first-order valence-corrected chi connectivity index (χ1v) is 6.49. The third-order valence-corrected chi connectivity index (χ3v) is 3.35. The molecule has 0 radical (unpaired) electrons. The van der Waals surface area contributed by atoms with Gasteiger partial charge in [0.15, 0.2) is 0 Å². The summed E-state index contributed by atoms with van der Waals surface area (Å²) in [5.74, 6) is 2.00. The van der Waals surface area contributed by atoms with Crippen molar-refractivity contribution in [3.8, 4) is 0 Å². The van der Waals surface area contributed by atoms with Gasteiger partial charge in [0.2, 0.25) is 0 Å². The Hall–Kier alpha value is -0.870. The fourth-order valence-corrected chi connectivity index (χ4v) is 2.18. The van der Waals surface area contributed by atoms with Crippen LogP contribution in [0.4, 0.5) is 5.82 Å². The molecule has 0 atom stereocenters. The van der Waals surface area contributed by atoms with Gasteiger partial charge in [-0.2, -0.15) is 0 Å². The van der Waals surface area contributed by atoms with E-state index in [2.05, 4.69) is 21.9 Å². The molecule has 1 aromatic rings. The van der Waals surface area contributed by atoms with E-state index in [0.717, 1.165) is 44.1 Å². The fourth-order valence-electron chi connectivity index (χ4n) is 2.05. The summed E-state index contributed by atoms with van der Waals surface area (Å²) in [5, 5.41) is 0. The molecule has 0 aromatic carbocycles. The van der Waals surface area contributed by atoms with Crippen LogP contribution in [0.25, 0.3) is 0 Å². The Balaban J connectivity index is 1.95. The lowest BCUT2D eigenvalue weighted by Gasteiger charge is -2.27. The topological polar surface area (TPSA) is 38.2 Å². The number of hydrogen-bond acceptors (Lipinski definition) is 4. The zero-order chi connectivity index (χ0) is 12.1. The van der Waals surface area contributed by atoms with E-state index in [-0.39, 0.29) is 0 Å². The fraction of sp³-hybridized carbons (Fsp3) is 0.667. The Morgan fingerprint density at radius 1 is 1.41 bits per heavy atom. The maximum atomic E-state index is 5.76. The van der Waals surface area contributed by atoms with Crippen molar-refractivity contribution in [1.82, 2.24) is 9.97 Å². The molecule has 1 aliphatic heterocycles. The molecule has 1 fully saturated rings. The van der Waals surface area contributed by atoms with Gasteiger partial charge in [-0.1, -0.05) is 0 Å². The molecule has 0 bridgehead atoms. The largest absolute Gasteiger partial charge is 0.381 e. The van der Waals surface area contributed by atoms with Gasteiger partial charge < -0.3 is 9.64 Å². The monoisotopic (exact) mass is 255 g/mol. The number of hydrogen-bond donors (Lipinski definition) is 0. The van der Waals surface area contributed by atoms with Gasteiger partial charge in [0.1, 0.15) is 5.82 Å². The number of alkyl halides is 1. The smallest absolute Gasteiger partial charge is 0.147 e. The molecule has 0 amide bonds. The van der Waals surface area contributed by atoms with Gasteiger partial charge in [-0.3, -0.25) is 4.98 Å². The molecule has 2 heterocycles. The van der Waals surface area contributed by atoms with E-state index in [1.807, 2.05) is 0 Å². The van der Waals surface area contributed by atoms with E-state index in [0.29, 0.717) is 11.8 Å². The summed E-state index contributed by atoms with van der Waals surface area (Å²) in [4.78, 5) is 10.8. The van der Waals surface area contributed by atoms with Crippen LogP contribution in [0.3, 0.4) is 0 Å². The normalized spacial score (nSPS) is 17.1.